The van der Waals surface area contributed by atoms with Gasteiger partial charge in [0.05, 0.1) is 10.5 Å². The summed E-state index contributed by atoms with van der Waals surface area (Å²) in [5, 5.41) is 19.5. The Kier molecular flexibility index (Phi) is 3.90. The molecule has 0 radical (unpaired) electrons. The zero-order valence-electron chi connectivity index (χ0n) is 10.4. The first kappa shape index (κ1) is 14.1. The van der Waals surface area contributed by atoms with Gasteiger partial charge in [-0.1, -0.05) is 6.07 Å². The number of carbonyl (C=O) groups is 1. The number of ether oxygens (including phenoxy) is 1. The van der Waals surface area contributed by atoms with E-state index in [1.54, 1.807) is 6.07 Å². The van der Waals surface area contributed by atoms with Gasteiger partial charge in [0, 0.05) is 12.1 Å². The molecule has 0 atom stereocenters. The van der Waals surface area contributed by atoms with Crippen molar-refractivity contribution in [2.75, 3.05) is 0 Å². The van der Waals surface area contributed by atoms with Crippen LogP contribution in [-0.4, -0.2) is 11.2 Å². The average molecular weight is 286 g/mol. The summed E-state index contributed by atoms with van der Waals surface area (Å²) < 4.78 is 18.8. The first-order chi connectivity index (χ1) is 10.1. The van der Waals surface area contributed by atoms with Crippen molar-refractivity contribution in [2.24, 2.45) is 0 Å². The Morgan fingerprint density at radius 3 is 2.67 bits per heavy atom. The minimum atomic E-state index is -0.760. The monoisotopic (exact) mass is 286 g/mol. The predicted octanol–water partition coefficient (Wildman–Crippen LogP) is 3.21. The molecule has 0 fully saturated rings. The maximum Gasteiger partial charge on any atom is 0.270 e. The van der Waals surface area contributed by atoms with E-state index in [4.69, 9.17) is 10.00 Å². The zero-order chi connectivity index (χ0) is 15.4. The second-order valence-corrected chi connectivity index (χ2v) is 3.92. The molecule has 2 aromatic carbocycles. The molecular weight excluding hydrogens is 279 g/mol. The summed E-state index contributed by atoms with van der Waals surface area (Å²) in [7, 11) is 0. The van der Waals surface area contributed by atoms with Crippen LogP contribution < -0.4 is 4.74 Å². The molecule has 7 heteroatoms. The van der Waals surface area contributed by atoms with Crippen LogP contribution in [0.4, 0.5) is 10.1 Å². The van der Waals surface area contributed by atoms with Gasteiger partial charge in [-0.15, -0.1) is 0 Å². The van der Waals surface area contributed by atoms with Crippen molar-refractivity contribution >= 4 is 12.0 Å². The number of hydrogen-bond acceptors (Lipinski definition) is 5. The van der Waals surface area contributed by atoms with Crippen molar-refractivity contribution in [3.8, 4) is 17.6 Å². The molecule has 0 amide bonds. The fourth-order valence-electron chi connectivity index (χ4n) is 1.65. The van der Waals surface area contributed by atoms with E-state index in [1.165, 1.54) is 18.2 Å². The van der Waals surface area contributed by atoms with Gasteiger partial charge in [-0.3, -0.25) is 14.9 Å². The summed E-state index contributed by atoms with van der Waals surface area (Å²) in [6, 6.07) is 8.86. The molecule has 0 heterocycles. The smallest absolute Gasteiger partial charge is 0.270 e. The third-order valence-corrected chi connectivity index (χ3v) is 2.64. The van der Waals surface area contributed by atoms with Crippen molar-refractivity contribution in [1.82, 2.24) is 0 Å². The first-order valence-corrected chi connectivity index (χ1v) is 5.67. The fraction of sp³-hybridized carbons (Fsp3) is 0. The summed E-state index contributed by atoms with van der Waals surface area (Å²) in [5.74, 6) is -0.836. The third-order valence-electron chi connectivity index (χ3n) is 2.64. The van der Waals surface area contributed by atoms with E-state index in [9.17, 15) is 19.3 Å². The van der Waals surface area contributed by atoms with Gasteiger partial charge < -0.3 is 4.74 Å². The minimum Gasteiger partial charge on any atom is -0.455 e. The van der Waals surface area contributed by atoms with Crippen molar-refractivity contribution in [1.29, 1.82) is 5.26 Å². The van der Waals surface area contributed by atoms with E-state index < -0.39 is 10.7 Å². The Bertz CT molecular complexity index is 768. The van der Waals surface area contributed by atoms with Gasteiger partial charge in [0.15, 0.2) is 6.29 Å². The molecule has 0 aliphatic heterocycles. The number of halogens is 1. The lowest BCUT2D eigenvalue weighted by Gasteiger charge is -2.09. The molecule has 0 saturated carbocycles. The fourth-order valence-corrected chi connectivity index (χ4v) is 1.65. The first-order valence-electron chi connectivity index (χ1n) is 5.67. The van der Waals surface area contributed by atoms with Crippen LogP contribution in [0.15, 0.2) is 36.4 Å². The largest absolute Gasteiger partial charge is 0.455 e. The van der Waals surface area contributed by atoms with Crippen LogP contribution in [0.2, 0.25) is 0 Å². The zero-order valence-corrected chi connectivity index (χ0v) is 10.4. The Morgan fingerprint density at radius 2 is 2.05 bits per heavy atom. The summed E-state index contributed by atoms with van der Waals surface area (Å²) >= 11 is 0. The Morgan fingerprint density at radius 1 is 1.29 bits per heavy atom. The SMILES string of the molecule is N#Cc1c(F)cccc1Oc1ccc([N+](=O)[O-])cc1C=O. The van der Waals surface area contributed by atoms with Crippen LogP contribution in [0, 0.1) is 27.3 Å². The van der Waals surface area contributed by atoms with Gasteiger partial charge in [-0.2, -0.15) is 5.26 Å². The summed E-state index contributed by atoms with van der Waals surface area (Å²) in [6.07, 6.45) is 0.383. The van der Waals surface area contributed by atoms with Crippen LogP contribution in [0.3, 0.4) is 0 Å². The second-order valence-electron chi connectivity index (χ2n) is 3.92. The number of nitrogens with zero attached hydrogens (tertiary/aromatic N) is 2. The molecule has 0 aromatic heterocycles. The number of aldehydes is 1. The molecule has 6 nitrogen and oxygen atoms in total. The predicted molar refractivity (Wildman–Crippen MR) is 69.7 cm³/mol. The van der Waals surface area contributed by atoms with Crippen LogP contribution >= 0.6 is 0 Å². The number of nitro groups is 1. The van der Waals surface area contributed by atoms with E-state index >= 15 is 0 Å². The van der Waals surface area contributed by atoms with Gasteiger partial charge in [0.1, 0.15) is 28.9 Å². The highest BCUT2D eigenvalue weighted by atomic mass is 19.1. The summed E-state index contributed by atoms with van der Waals surface area (Å²) in [6.45, 7) is 0. The molecule has 0 aliphatic carbocycles. The molecule has 21 heavy (non-hydrogen) atoms. The van der Waals surface area contributed by atoms with Gasteiger partial charge in [-0.05, 0) is 18.2 Å². The molecule has 0 bridgehead atoms. The molecule has 0 aliphatic rings. The van der Waals surface area contributed by atoms with Crippen molar-refractivity contribution in [3.05, 3.63) is 63.5 Å². The van der Waals surface area contributed by atoms with E-state index in [0.29, 0.717) is 6.29 Å². The van der Waals surface area contributed by atoms with Gasteiger partial charge in [0.25, 0.3) is 5.69 Å². The lowest BCUT2D eigenvalue weighted by Crippen LogP contribution is -1.96. The topological polar surface area (TPSA) is 93.2 Å². The molecule has 0 saturated heterocycles. The highest BCUT2D eigenvalue weighted by molar-refractivity contribution is 5.81. The van der Waals surface area contributed by atoms with Crippen LogP contribution in [0.1, 0.15) is 15.9 Å². The van der Waals surface area contributed by atoms with Crippen molar-refractivity contribution < 1.29 is 18.8 Å². The Balaban J connectivity index is 2.45. The van der Waals surface area contributed by atoms with E-state index in [2.05, 4.69) is 0 Å². The van der Waals surface area contributed by atoms with Crippen molar-refractivity contribution in [3.63, 3.8) is 0 Å². The quantitative estimate of drug-likeness (QED) is 0.488. The molecule has 2 rings (SSSR count). The van der Waals surface area contributed by atoms with Crippen LogP contribution in [-0.2, 0) is 0 Å². The van der Waals surface area contributed by atoms with E-state index in [1.807, 2.05) is 0 Å². The minimum absolute atomic E-state index is 0.00213. The summed E-state index contributed by atoms with van der Waals surface area (Å²) in [4.78, 5) is 21.0. The van der Waals surface area contributed by atoms with E-state index in [-0.39, 0.29) is 28.3 Å². The molecule has 104 valence electrons. The highest BCUT2D eigenvalue weighted by Crippen LogP contribution is 2.30. The Hall–Kier alpha value is -3.27. The Labute approximate surface area is 118 Å². The average Bonchev–Trinajstić information content (AvgIpc) is 2.47. The molecule has 2 aromatic rings. The number of benzene rings is 2. The second kappa shape index (κ2) is 5.79. The number of carbonyl (C=O) groups excluding carboxylic acids is 1. The number of hydrogen-bond donors (Lipinski definition) is 0. The summed E-state index contributed by atoms with van der Waals surface area (Å²) in [5.41, 5.74) is -0.658. The normalized spacial score (nSPS) is 9.71. The third kappa shape index (κ3) is 2.84. The molecular formula is C14H7FN2O4. The lowest BCUT2D eigenvalue weighted by atomic mass is 10.1. The number of non-ortho nitro benzene ring substituents is 1. The van der Waals surface area contributed by atoms with E-state index in [0.717, 1.165) is 18.2 Å². The van der Waals surface area contributed by atoms with Crippen molar-refractivity contribution in [2.45, 2.75) is 0 Å². The molecule has 0 unspecified atom stereocenters. The highest BCUT2D eigenvalue weighted by Gasteiger charge is 2.15. The number of nitro benzene ring substituents is 1. The maximum atomic E-state index is 13.4. The van der Waals surface area contributed by atoms with Gasteiger partial charge >= 0.3 is 0 Å². The van der Waals surface area contributed by atoms with Crippen LogP contribution in [0.5, 0.6) is 11.5 Å². The standard InChI is InChI=1S/C14H7FN2O4/c15-12-2-1-3-14(11(12)7-16)21-13-5-4-10(17(19)20)6-9(13)8-18/h1-6,8H. The van der Waals surface area contributed by atoms with Crippen LogP contribution in [0.25, 0.3) is 0 Å². The molecule has 0 spiro atoms. The maximum absolute atomic E-state index is 13.4. The van der Waals surface area contributed by atoms with Gasteiger partial charge in [-0.25, -0.2) is 4.39 Å². The number of rotatable bonds is 4. The lowest BCUT2D eigenvalue weighted by molar-refractivity contribution is -0.384. The van der Waals surface area contributed by atoms with Gasteiger partial charge in [0.2, 0.25) is 0 Å². The number of nitriles is 1. The molecule has 0 N–H and O–H groups in total.